The van der Waals surface area contributed by atoms with Gasteiger partial charge in [-0.25, -0.2) is 4.39 Å². The molecule has 1 aromatic heterocycles. The first-order valence-electron chi connectivity index (χ1n) is 9.28. The van der Waals surface area contributed by atoms with E-state index in [1.807, 2.05) is 11.8 Å². The van der Waals surface area contributed by atoms with Crippen molar-refractivity contribution in [2.75, 3.05) is 6.61 Å². The molecule has 0 radical (unpaired) electrons. The molecule has 2 aliphatic heterocycles. The number of aromatic nitrogens is 1. The second-order valence-electron chi connectivity index (χ2n) is 7.31. The fraction of sp³-hybridized carbons (Fsp3) is 0.500. The van der Waals surface area contributed by atoms with E-state index in [9.17, 15) is 14.0 Å². The molecule has 0 unspecified atom stereocenters. The van der Waals surface area contributed by atoms with E-state index in [0.717, 1.165) is 18.4 Å². The number of hydrogen-bond donors (Lipinski definition) is 1. The highest BCUT2D eigenvalue weighted by molar-refractivity contribution is 5.99. The number of benzene rings is 1. The lowest BCUT2D eigenvalue weighted by molar-refractivity contribution is -0.157. The number of nitrogens with one attached hydrogen (secondary N) is 1. The fourth-order valence-electron chi connectivity index (χ4n) is 4.87. The topological polar surface area (TPSA) is 62.4 Å². The van der Waals surface area contributed by atoms with Gasteiger partial charge in [0.05, 0.1) is 12.0 Å². The van der Waals surface area contributed by atoms with Crippen LogP contribution in [-0.2, 0) is 9.53 Å². The molecule has 2 saturated heterocycles. The van der Waals surface area contributed by atoms with Crippen molar-refractivity contribution in [3.63, 3.8) is 0 Å². The van der Waals surface area contributed by atoms with Crippen LogP contribution >= 0.6 is 0 Å². The number of rotatable bonds is 4. The van der Waals surface area contributed by atoms with Gasteiger partial charge in [-0.05, 0) is 56.9 Å². The van der Waals surface area contributed by atoms with E-state index in [0.29, 0.717) is 30.5 Å². The molecule has 4 rings (SSSR count). The zero-order valence-corrected chi connectivity index (χ0v) is 15.0. The Morgan fingerprint density at radius 1 is 1.31 bits per heavy atom. The summed E-state index contributed by atoms with van der Waals surface area (Å²) < 4.78 is 18.8. The Kier molecular flexibility index (Phi) is 4.01. The second-order valence-corrected chi connectivity index (χ2v) is 7.31. The number of halogens is 1. The molecule has 0 spiro atoms. The van der Waals surface area contributed by atoms with Crippen LogP contribution in [0.3, 0.4) is 0 Å². The Morgan fingerprint density at radius 3 is 2.85 bits per heavy atom. The predicted molar refractivity (Wildman–Crippen MR) is 95.2 cm³/mol. The van der Waals surface area contributed by atoms with Crippen molar-refractivity contribution in [3.05, 3.63) is 35.8 Å². The first kappa shape index (κ1) is 17.1. The van der Waals surface area contributed by atoms with Crippen LogP contribution in [0.25, 0.3) is 10.9 Å². The summed E-state index contributed by atoms with van der Waals surface area (Å²) in [5.74, 6) is -0.635. The summed E-state index contributed by atoms with van der Waals surface area (Å²) in [7, 11) is 0. The molecule has 2 fully saturated rings. The van der Waals surface area contributed by atoms with Crippen LogP contribution in [0.15, 0.2) is 24.3 Å². The van der Waals surface area contributed by atoms with Gasteiger partial charge in [0.1, 0.15) is 11.5 Å². The van der Waals surface area contributed by atoms with Crippen LogP contribution in [0, 0.1) is 11.2 Å². The van der Waals surface area contributed by atoms with Crippen LogP contribution in [0.1, 0.15) is 50.0 Å². The number of esters is 1. The van der Waals surface area contributed by atoms with Gasteiger partial charge in [-0.2, -0.15) is 0 Å². The van der Waals surface area contributed by atoms with E-state index in [1.54, 1.807) is 19.1 Å². The third-order valence-corrected chi connectivity index (χ3v) is 6.10. The zero-order chi connectivity index (χ0) is 18.5. The quantitative estimate of drug-likeness (QED) is 0.849. The third-order valence-electron chi connectivity index (χ3n) is 6.10. The van der Waals surface area contributed by atoms with E-state index >= 15 is 0 Å². The number of H-pyrrole nitrogens is 1. The molecule has 1 N–H and O–H groups in total. The Hall–Kier alpha value is -2.37. The lowest BCUT2D eigenvalue weighted by Crippen LogP contribution is -2.45. The summed E-state index contributed by atoms with van der Waals surface area (Å²) >= 11 is 0. The molecule has 3 heterocycles. The summed E-state index contributed by atoms with van der Waals surface area (Å²) in [4.78, 5) is 30.8. The van der Waals surface area contributed by atoms with E-state index in [4.69, 9.17) is 4.74 Å². The third kappa shape index (κ3) is 2.35. The van der Waals surface area contributed by atoms with Gasteiger partial charge >= 0.3 is 5.97 Å². The van der Waals surface area contributed by atoms with Crippen molar-refractivity contribution >= 4 is 22.8 Å². The largest absolute Gasteiger partial charge is 0.466 e. The predicted octanol–water partition coefficient (Wildman–Crippen LogP) is 3.64. The SMILES string of the molecule is CCOC(=O)[C@@]1(CC)C[C@H]2CC[C@@H]1N2C(=O)c1cc2cc(F)ccc2[nH]1. The van der Waals surface area contributed by atoms with Crippen LogP contribution in [-0.4, -0.2) is 40.5 Å². The van der Waals surface area contributed by atoms with Crippen molar-refractivity contribution in [2.24, 2.45) is 5.41 Å². The van der Waals surface area contributed by atoms with E-state index in [1.165, 1.54) is 12.1 Å². The van der Waals surface area contributed by atoms with E-state index < -0.39 is 5.41 Å². The second kappa shape index (κ2) is 6.11. The first-order chi connectivity index (χ1) is 12.5. The van der Waals surface area contributed by atoms with Gasteiger partial charge in [0, 0.05) is 23.0 Å². The molecule has 0 aliphatic carbocycles. The number of carbonyl (C=O) groups excluding carboxylic acids is 2. The number of carbonyl (C=O) groups is 2. The maximum absolute atomic E-state index is 13.4. The number of amides is 1. The van der Waals surface area contributed by atoms with Crippen molar-refractivity contribution < 1.29 is 18.7 Å². The minimum atomic E-state index is -0.604. The van der Waals surface area contributed by atoms with Gasteiger partial charge < -0.3 is 14.6 Å². The summed E-state index contributed by atoms with van der Waals surface area (Å²) in [6.45, 7) is 4.15. The molecule has 2 aromatic rings. The first-order valence-corrected chi connectivity index (χ1v) is 9.28. The highest BCUT2D eigenvalue weighted by Crippen LogP contribution is 2.52. The average molecular weight is 358 g/mol. The fourth-order valence-corrected chi connectivity index (χ4v) is 4.87. The molecule has 1 aromatic carbocycles. The maximum Gasteiger partial charge on any atom is 0.314 e. The zero-order valence-electron chi connectivity index (χ0n) is 15.0. The monoisotopic (exact) mass is 358 g/mol. The molecule has 2 aliphatic rings. The Bertz CT molecular complexity index is 877. The van der Waals surface area contributed by atoms with Gasteiger partial charge in [0.2, 0.25) is 0 Å². The molecule has 2 bridgehead atoms. The summed E-state index contributed by atoms with van der Waals surface area (Å²) in [6.07, 6.45) is 3.05. The summed E-state index contributed by atoms with van der Waals surface area (Å²) in [5, 5.41) is 0.673. The average Bonchev–Trinajstić information content (AvgIpc) is 3.32. The highest BCUT2D eigenvalue weighted by Gasteiger charge is 2.61. The molecule has 26 heavy (non-hydrogen) atoms. The highest BCUT2D eigenvalue weighted by atomic mass is 19.1. The van der Waals surface area contributed by atoms with Crippen LogP contribution in [0.5, 0.6) is 0 Å². The van der Waals surface area contributed by atoms with Crippen LogP contribution < -0.4 is 0 Å². The Morgan fingerprint density at radius 2 is 2.12 bits per heavy atom. The number of nitrogens with zero attached hydrogens (tertiary/aromatic N) is 1. The Balaban J connectivity index is 1.67. The summed E-state index contributed by atoms with van der Waals surface area (Å²) in [5.41, 5.74) is 0.568. The molecule has 3 atom stereocenters. The lowest BCUT2D eigenvalue weighted by Gasteiger charge is -2.34. The summed E-state index contributed by atoms with van der Waals surface area (Å²) in [6, 6.07) is 6.03. The van der Waals surface area contributed by atoms with Crippen molar-refractivity contribution in [2.45, 2.75) is 51.6 Å². The van der Waals surface area contributed by atoms with Crippen molar-refractivity contribution in [1.29, 1.82) is 0 Å². The van der Waals surface area contributed by atoms with E-state index in [-0.39, 0.29) is 29.8 Å². The van der Waals surface area contributed by atoms with Crippen molar-refractivity contribution in [3.8, 4) is 0 Å². The van der Waals surface area contributed by atoms with Gasteiger partial charge in [-0.15, -0.1) is 0 Å². The van der Waals surface area contributed by atoms with Crippen LogP contribution in [0.2, 0.25) is 0 Å². The van der Waals surface area contributed by atoms with E-state index in [2.05, 4.69) is 4.98 Å². The van der Waals surface area contributed by atoms with Gasteiger partial charge in [0.15, 0.2) is 0 Å². The number of aromatic amines is 1. The molecule has 138 valence electrons. The van der Waals surface area contributed by atoms with Crippen molar-refractivity contribution in [1.82, 2.24) is 9.88 Å². The molecule has 6 heteroatoms. The number of hydrogen-bond acceptors (Lipinski definition) is 3. The minimum absolute atomic E-state index is 0.0556. The number of fused-ring (bicyclic) bond motifs is 3. The molecular weight excluding hydrogens is 335 g/mol. The minimum Gasteiger partial charge on any atom is -0.466 e. The van der Waals surface area contributed by atoms with Gasteiger partial charge in [-0.1, -0.05) is 6.92 Å². The van der Waals surface area contributed by atoms with Gasteiger partial charge in [-0.3, -0.25) is 9.59 Å². The standard InChI is InChI=1S/C20H23FN2O3/c1-3-20(19(25)26-4-2)11-14-6-8-17(20)23(14)18(24)16-10-12-9-13(21)5-7-15(12)22-16/h5,7,9-10,14,17,22H,3-4,6,8,11H2,1-2H3/t14-,17+,20+/m1/s1. The smallest absolute Gasteiger partial charge is 0.314 e. The molecule has 1 amide bonds. The maximum atomic E-state index is 13.4. The molecule has 0 saturated carbocycles. The molecule has 5 nitrogen and oxygen atoms in total. The molecular formula is C20H23FN2O3. The normalized spacial score (nSPS) is 27.3. The number of ether oxygens (including phenoxy) is 1. The van der Waals surface area contributed by atoms with Crippen LogP contribution in [0.4, 0.5) is 4.39 Å². The lowest BCUT2D eigenvalue weighted by atomic mass is 9.72. The van der Waals surface area contributed by atoms with Gasteiger partial charge in [0.25, 0.3) is 5.91 Å². The Labute approximate surface area is 151 Å².